The van der Waals surface area contributed by atoms with Gasteiger partial charge in [-0.15, -0.1) is 0 Å². The van der Waals surface area contributed by atoms with Crippen LogP contribution >= 0.6 is 0 Å². The monoisotopic (exact) mass is 967 g/mol. The quantitative estimate of drug-likeness (QED) is 0.0485. The highest BCUT2D eigenvalue weighted by atomic mass is 16.7. The summed E-state index contributed by atoms with van der Waals surface area (Å²) >= 11 is 0. The molecule has 0 aromatic heterocycles. The van der Waals surface area contributed by atoms with Crippen molar-refractivity contribution in [2.75, 3.05) is 13.2 Å². The van der Waals surface area contributed by atoms with Gasteiger partial charge in [-0.1, -0.05) is 51.0 Å². The van der Waals surface area contributed by atoms with Crippen LogP contribution in [0.5, 0.6) is 0 Å². The Morgan fingerprint density at radius 3 is 0.802 bits per heavy atom. The summed E-state index contributed by atoms with van der Waals surface area (Å²) in [5.74, 6) is -0.372. The number of aliphatic hydroxyl groups excluding tert-OH is 2. The van der Waals surface area contributed by atoms with Crippen molar-refractivity contribution in [3.8, 4) is 0 Å². The molecule has 1 fully saturated rings. The van der Waals surface area contributed by atoms with Gasteiger partial charge < -0.3 is 19.7 Å². The summed E-state index contributed by atoms with van der Waals surface area (Å²) in [6.07, 6.45) is -25.2. The van der Waals surface area contributed by atoms with Crippen LogP contribution in [0.3, 0.4) is 0 Å². The molecule has 1 heterocycles. The minimum Gasteiger partial charge on any atom is -0.394 e. The highest BCUT2D eigenvalue weighted by Gasteiger charge is 2.62. The Morgan fingerprint density at radius 1 is 0.370 bits per heavy atom. The molecular weight excluding hydrogens is 919 g/mol. The molecule has 0 saturated carbocycles. The molecule has 0 bridgehead atoms. The van der Waals surface area contributed by atoms with Gasteiger partial charge in [-0.05, 0) is 39.5 Å². The van der Waals surface area contributed by atoms with Crippen molar-refractivity contribution < 1.29 is 19.7 Å². The fourth-order valence-electron chi connectivity index (χ4n) is 12.0. The Balaban J connectivity index is 0. The Hall–Kier alpha value is 3.09. The molecular formula is C19H36B58O4. The lowest BCUT2D eigenvalue weighted by atomic mass is 8.23. The Morgan fingerprint density at radius 2 is 0.593 bits per heavy atom. The summed E-state index contributed by atoms with van der Waals surface area (Å²) in [6, 6.07) is 0. The van der Waals surface area contributed by atoms with Crippen molar-refractivity contribution in [2.24, 2.45) is 0 Å². The molecule has 4 nitrogen and oxygen atoms in total. The third kappa shape index (κ3) is 29.5. The number of ether oxygens (including phenoxy) is 2. The van der Waals surface area contributed by atoms with E-state index in [9.17, 15) is 0 Å². The molecule has 310 valence electrons. The number of hydrogen-bond acceptors (Lipinski definition) is 4. The molecule has 0 aliphatic carbocycles. The van der Waals surface area contributed by atoms with E-state index in [0.29, 0.717) is 6.42 Å². The minimum absolute atomic E-state index is 0.142. The molecule has 0 aromatic carbocycles. The third-order valence-corrected chi connectivity index (χ3v) is 15.3. The topological polar surface area (TPSA) is 58.9 Å². The standard InChI is InChI=1S/C11H20O2.C8H16O2.B58/c1-4-5-6-7-8-10-9-12-11(2,3)13-10;1-2-3-4-5-6-8(10)7-9;1-31(2)46(32(3)4)53(45(29)30)57(54(47(33(5)6)34(7)8)48(35(9)10)36(11)12)58(55(49(37(13)14)38(15)16)50(39(17)18)40(19)20)56(51(41(21)22)42(23)24)52(43(25)26)44(27)28/h6-7,10H,4-5,8-9H2,1-3H3;4-5,8-10H,2-3,6-7H2,1H3;/b7-6-;5-4-;/t10-;8-;/m00./s1. The lowest BCUT2D eigenvalue weighted by Crippen LogP contribution is -2.96. The van der Waals surface area contributed by atoms with E-state index in [2.05, 4.69) is 26.0 Å². The summed E-state index contributed by atoms with van der Waals surface area (Å²) in [6.45, 7) is 8.79. The van der Waals surface area contributed by atoms with Crippen molar-refractivity contribution in [3.05, 3.63) is 24.3 Å². The lowest BCUT2D eigenvalue weighted by Gasteiger charge is -2.58. The molecule has 2 N–H and O–H groups in total. The smallest absolute Gasteiger partial charge is 0.163 e. The highest BCUT2D eigenvalue weighted by molar-refractivity contribution is 8.37. The second-order valence-electron chi connectivity index (χ2n) is 22.4. The second-order valence-corrected chi connectivity index (χ2v) is 22.4. The molecule has 1 aliphatic rings. The van der Waals surface area contributed by atoms with Gasteiger partial charge in [0.15, 0.2) is 5.79 Å². The molecule has 81 heavy (non-hydrogen) atoms. The van der Waals surface area contributed by atoms with E-state index in [-0.39, 0.29) is 18.5 Å². The van der Waals surface area contributed by atoms with Crippen molar-refractivity contribution >= 4 is 411 Å². The number of aliphatic hydroxyl groups is 2. The van der Waals surface area contributed by atoms with Crippen LogP contribution in [-0.2, 0) is 9.47 Å². The fraction of sp³-hybridized carbons (Fsp3) is 0.789. The minimum atomic E-state index is -1.53. The third-order valence-electron chi connectivity index (χ3n) is 15.3. The highest BCUT2D eigenvalue weighted by Crippen LogP contribution is 2.26. The molecule has 0 unspecified atom stereocenters. The summed E-state index contributed by atoms with van der Waals surface area (Å²) in [7, 11) is 197. The van der Waals surface area contributed by atoms with Crippen LogP contribution in [0.4, 0.5) is 0 Å². The van der Waals surface area contributed by atoms with E-state index in [1.54, 1.807) is 0 Å². The first kappa shape index (κ1) is 86.1. The second kappa shape index (κ2) is 43.8. The first-order chi connectivity index (χ1) is 37.3. The maximum atomic E-state index is 8.86. The van der Waals surface area contributed by atoms with Gasteiger partial charge in [-0.3, -0.25) is 0 Å². The van der Waals surface area contributed by atoms with Crippen LogP contribution < -0.4 is 0 Å². The van der Waals surface area contributed by atoms with E-state index < -0.39 is 185 Å². The molecule has 1 rings (SSSR count). The number of hydrogen-bond donors (Lipinski definition) is 2. The maximum Gasteiger partial charge on any atom is 0.163 e. The van der Waals surface area contributed by atoms with Gasteiger partial charge in [0.2, 0.25) is 0 Å². The summed E-state index contributed by atoms with van der Waals surface area (Å²) in [4.78, 5) is 0. The molecule has 62 heteroatoms. The summed E-state index contributed by atoms with van der Waals surface area (Å²) in [5.41, 5.74) is 0. The predicted octanol–water partition coefficient (Wildman–Crippen LogP) is -18.1. The SMILES string of the molecule is CCC/C=C\C[C@H](O)CO.CCC/C=C\C[C@H]1COC(C)(C)O1.[B]B([B])B(B([B])[B])B(B([B])[B])B(B(B(B([B])[B])B([B])[B])B(B([B])[B])B([B])[B])B(B(B(B([B])[B])B([B])[B])B(B([B])[B])B([B])[B])B(B(B([B])[B])B([B])[B])B(B([B])[B])B([B])[B]. The zero-order chi connectivity index (χ0) is 63.7. The molecule has 2 atom stereocenters. The van der Waals surface area contributed by atoms with Gasteiger partial charge in [-0.2, -0.15) is 0 Å². The first-order valence-electron chi connectivity index (χ1n) is 27.9. The Bertz CT molecular complexity index is 1470. The largest absolute Gasteiger partial charge is 0.394 e. The molecule has 0 aromatic rings. The van der Waals surface area contributed by atoms with Gasteiger partial charge in [0.1, 0.15) is 0 Å². The molecule has 60 radical (unpaired) electrons. The van der Waals surface area contributed by atoms with Crippen LogP contribution in [0.1, 0.15) is 66.2 Å². The predicted molar refractivity (Wildman–Crippen MR) is 429 cm³/mol. The average Bonchev–Trinajstić information content (AvgIpc) is 3.65. The van der Waals surface area contributed by atoms with E-state index in [4.69, 9.17) is 252 Å². The molecule has 0 amide bonds. The number of allylic oxidation sites excluding steroid dienone is 2. The van der Waals surface area contributed by atoms with Gasteiger partial charge in [0.05, 0.1) is 25.4 Å². The van der Waals surface area contributed by atoms with Crippen LogP contribution in [-0.4, -0.2) is 452 Å². The van der Waals surface area contributed by atoms with Crippen molar-refractivity contribution in [2.45, 2.75) is 84.2 Å². The van der Waals surface area contributed by atoms with E-state index in [1.165, 1.54) is 6.42 Å². The zero-order valence-electron chi connectivity index (χ0n) is 48.8. The van der Waals surface area contributed by atoms with Gasteiger partial charge in [0.25, 0.3) is 0 Å². The number of rotatable bonds is 36. The van der Waals surface area contributed by atoms with Crippen LogP contribution in [0.15, 0.2) is 24.3 Å². The van der Waals surface area contributed by atoms with Crippen molar-refractivity contribution in [3.63, 3.8) is 0 Å². The first-order valence-corrected chi connectivity index (χ1v) is 27.9. The summed E-state index contributed by atoms with van der Waals surface area (Å²) in [5, 5.41) is 17.3. The summed E-state index contributed by atoms with van der Waals surface area (Å²) < 4.78 is 11.1. The van der Waals surface area contributed by atoms with Crippen molar-refractivity contribution in [1.29, 1.82) is 0 Å². The van der Waals surface area contributed by atoms with E-state index in [0.717, 1.165) is 32.3 Å². The molecule has 1 aliphatic heterocycles. The van der Waals surface area contributed by atoms with Gasteiger partial charge in [-0.25, -0.2) is 0 Å². The van der Waals surface area contributed by atoms with E-state index in [1.807, 2.05) is 26.0 Å². The van der Waals surface area contributed by atoms with Crippen LogP contribution in [0.2, 0.25) is 0 Å². The van der Waals surface area contributed by atoms with Crippen molar-refractivity contribution in [1.82, 2.24) is 0 Å². The van der Waals surface area contributed by atoms with E-state index >= 15 is 0 Å². The fourth-order valence-corrected chi connectivity index (χ4v) is 12.0. The zero-order valence-corrected chi connectivity index (χ0v) is 48.8. The molecule has 1 saturated heterocycles. The molecule has 0 spiro atoms. The van der Waals surface area contributed by atoms with Crippen LogP contribution in [0.25, 0.3) is 0 Å². The lowest BCUT2D eigenvalue weighted by molar-refractivity contribution is -0.137. The maximum absolute atomic E-state index is 8.86. The van der Waals surface area contributed by atoms with Gasteiger partial charge >= 0.3 is 0 Å². The average molecular weight is 956 g/mol. The Labute approximate surface area is 547 Å². The van der Waals surface area contributed by atoms with Crippen LogP contribution in [0, 0.1) is 0 Å². The van der Waals surface area contributed by atoms with Gasteiger partial charge in [0, 0.05) is 411 Å². The normalized spacial score (nSPS) is 13.1. The number of unbranched alkanes of at least 4 members (excludes halogenated alkanes) is 2. The Kier molecular flexibility index (Phi) is 46.6.